The molecule has 1 aliphatic rings. The van der Waals surface area contributed by atoms with Gasteiger partial charge in [0.25, 0.3) is 0 Å². The van der Waals surface area contributed by atoms with Gasteiger partial charge in [-0.15, -0.1) is 0 Å². The van der Waals surface area contributed by atoms with Crippen molar-refractivity contribution < 1.29 is 4.39 Å². The smallest absolute Gasteiger partial charge is 0.124 e. The van der Waals surface area contributed by atoms with E-state index in [-0.39, 0.29) is 10.8 Å². The molecule has 0 bridgehead atoms. The monoisotopic (exact) mass is 294 g/mol. The lowest BCUT2D eigenvalue weighted by atomic mass is 9.82. The summed E-state index contributed by atoms with van der Waals surface area (Å²) < 4.78 is 13.6. The third-order valence-corrected chi connectivity index (χ3v) is 4.90. The first-order valence-electron chi connectivity index (χ1n) is 7.29. The van der Waals surface area contributed by atoms with Crippen LogP contribution in [0.2, 0.25) is 0 Å². The fraction of sp³-hybridized carbons (Fsp3) is 0.562. The maximum Gasteiger partial charge on any atom is 0.124 e. The molecule has 110 valence electrons. The van der Waals surface area contributed by atoms with E-state index in [0.717, 1.165) is 25.2 Å². The summed E-state index contributed by atoms with van der Waals surface area (Å²) in [4.78, 5) is 2.66. The fourth-order valence-electron chi connectivity index (χ4n) is 3.13. The maximum atomic E-state index is 13.6. The fourth-order valence-corrected chi connectivity index (χ4v) is 3.25. The molecule has 0 amide bonds. The third kappa shape index (κ3) is 3.36. The van der Waals surface area contributed by atoms with Crippen LogP contribution in [0.25, 0.3) is 0 Å². The summed E-state index contributed by atoms with van der Waals surface area (Å²) >= 11 is 4.94. The highest BCUT2D eigenvalue weighted by molar-refractivity contribution is 7.80. The first-order chi connectivity index (χ1) is 9.48. The van der Waals surface area contributed by atoms with Crippen molar-refractivity contribution in [1.82, 2.24) is 4.90 Å². The summed E-state index contributed by atoms with van der Waals surface area (Å²) in [5, 5.41) is 0. The van der Waals surface area contributed by atoms with E-state index >= 15 is 0 Å². The Morgan fingerprint density at radius 3 is 2.60 bits per heavy atom. The molecule has 0 radical (unpaired) electrons. The van der Waals surface area contributed by atoms with Gasteiger partial charge in [0, 0.05) is 18.7 Å². The summed E-state index contributed by atoms with van der Waals surface area (Å²) in [5.41, 5.74) is 7.61. The van der Waals surface area contributed by atoms with Gasteiger partial charge in [0.2, 0.25) is 0 Å². The minimum absolute atomic E-state index is 0.253. The number of hydrogen-bond acceptors (Lipinski definition) is 2. The molecule has 1 aromatic carbocycles. The highest BCUT2D eigenvalue weighted by Crippen LogP contribution is 2.37. The van der Waals surface area contributed by atoms with Crippen molar-refractivity contribution in [3.63, 3.8) is 0 Å². The van der Waals surface area contributed by atoms with Gasteiger partial charge >= 0.3 is 0 Å². The van der Waals surface area contributed by atoms with Crippen LogP contribution < -0.4 is 5.73 Å². The standard InChI is InChI=1S/C16H23FN2S/c1-3-16(4-2)5-6-19(11-16)10-12-7-13(15(18)20)9-14(17)8-12/h7-9H,3-6,10-11H2,1-2H3,(H2,18,20). The molecular weight excluding hydrogens is 271 g/mol. The highest BCUT2D eigenvalue weighted by atomic mass is 32.1. The maximum absolute atomic E-state index is 13.6. The molecule has 4 heteroatoms. The van der Waals surface area contributed by atoms with Crippen LogP contribution in [0.5, 0.6) is 0 Å². The molecule has 1 aromatic rings. The Morgan fingerprint density at radius 2 is 2.05 bits per heavy atom. The van der Waals surface area contributed by atoms with Gasteiger partial charge < -0.3 is 5.73 Å². The van der Waals surface area contributed by atoms with Crippen LogP contribution in [-0.4, -0.2) is 23.0 Å². The van der Waals surface area contributed by atoms with Crippen molar-refractivity contribution in [2.24, 2.45) is 11.1 Å². The Labute approximate surface area is 126 Å². The molecule has 1 heterocycles. The number of hydrogen-bond donors (Lipinski definition) is 1. The predicted octanol–water partition coefficient (Wildman–Crippen LogP) is 3.47. The first-order valence-corrected chi connectivity index (χ1v) is 7.70. The van der Waals surface area contributed by atoms with E-state index in [1.54, 1.807) is 6.07 Å². The summed E-state index contributed by atoms with van der Waals surface area (Å²) in [6, 6.07) is 4.89. The minimum atomic E-state index is -0.262. The lowest BCUT2D eigenvalue weighted by Gasteiger charge is -2.26. The van der Waals surface area contributed by atoms with Gasteiger partial charge in [0.05, 0.1) is 0 Å². The first kappa shape index (κ1) is 15.4. The average Bonchev–Trinajstić information content (AvgIpc) is 2.82. The van der Waals surface area contributed by atoms with E-state index in [1.165, 1.54) is 25.3 Å². The van der Waals surface area contributed by atoms with Crippen LogP contribution in [-0.2, 0) is 6.54 Å². The van der Waals surface area contributed by atoms with E-state index < -0.39 is 0 Å². The van der Waals surface area contributed by atoms with Crippen molar-refractivity contribution in [3.05, 3.63) is 35.1 Å². The number of thiocarbonyl (C=S) groups is 1. The number of benzene rings is 1. The van der Waals surface area contributed by atoms with Crippen LogP contribution in [0.4, 0.5) is 4.39 Å². The van der Waals surface area contributed by atoms with E-state index in [0.29, 0.717) is 11.0 Å². The summed E-state index contributed by atoms with van der Waals surface area (Å²) in [6.07, 6.45) is 3.65. The minimum Gasteiger partial charge on any atom is -0.389 e. The lowest BCUT2D eigenvalue weighted by molar-refractivity contribution is 0.236. The van der Waals surface area contributed by atoms with Crippen LogP contribution in [0.15, 0.2) is 18.2 Å². The Morgan fingerprint density at radius 1 is 1.35 bits per heavy atom. The van der Waals surface area contributed by atoms with E-state index in [9.17, 15) is 4.39 Å². The van der Waals surface area contributed by atoms with E-state index in [4.69, 9.17) is 18.0 Å². The van der Waals surface area contributed by atoms with E-state index in [1.807, 2.05) is 6.07 Å². The molecule has 1 aliphatic heterocycles. The number of nitrogens with zero attached hydrogens (tertiary/aromatic N) is 1. The second kappa shape index (κ2) is 6.19. The van der Waals surface area contributed by atoms with Crippen LogP contribution in [0.3, 0.4) is 0 Å². The molecule has 2 rings (SSSR count). The van der Waals surface area contributed by atoms with Crippen molar-refractivity contribution >= 4 is 17.2 Å². The zero-order valence-electron chi connectivity index (χ0n) is 12.3. The van der Waals surface area contributed by atoms with Gasteiger partial charge in [-0.05, 0) is 55.0 Å². The van der Waals surface area contributed by atoms with Gasteiger partial charge in [0.15, 0.2) is 0 Å². The van der Waals surface area contributed by atoms with Crippen molar-refractivity contribution in [2.45, 2.75) is 39.7 Å². The molecule has 1 fully saturated rings. The number of likely N-dealkylation sites (tertiary alicyclic amines) is 1. The summed E-state index contributed by atoms with van der Waals surface area (Å²) in [5.74, 6) is -0.262. The SMILES string of the molecule is CCC1(CC)CCN(Cc2cc(F)cc(C(N)=S)c2)C1. The van der Waals surface area contributed by atoms with Gasteiger partial charge in [-0.2, -0.15) is 0 Å². The zero-order chi connectivity index (χ0) is 14.8. The molecule has 20 heavy (non-hydrogen) atoms. The Hall–Kier alpha value is -1.00. The highest BCUT2D eigenvalue weighted by Gasteiger charge is 2.34. The number of rotatable bonds is 5. The van der Waals surface area contributed by atoms with Gasteiger partial charge in [-0.25, -0.2) is 4.39 Å². The Kier molecular flexibility index (Phi) is 4.76. The Bertz CT molecular complexity index is 497. The molecule has 2 N–H and O–H groups in total. The Balaban J connectivity index is 2.10. The molecule has 0 aromatic heterocycles. The largest absolute Gasteiger partial charge is 0.389 e. The topological polar surface area (TPSA) is 29.3 Å². The van der Waals surface area contributed by atoms with Crippen LogP contribution in [0, 0.1) is 11.2 Å². The molecular formula is C16H23FN2S. The zero-order valence-corrected chi connectivity index (χ0v) is 13.1. The summed E-state index contributed by atoms with van der Waals surface area (Å²) in [6.45, 7) is 7.48. The quantitative estimate of drug-likeness (QED) is 0.843. The molecule has 0 unspecified atom stereocenters. The molecule has 1 saturated heterocycles. The molecule has 0 spiro atoms. The van der Waals surface area contributed by atoms with Crippen molar-refractivity contribution in [1.29, 1.82) is 0 Å². The second-order valence-electron chi connectivity index (χ2n) is 5.88. The van der Waals surface area contributed by atoms with Crippen LogP contribution >= 0.6 is 12.2 Å². The predicted molar refractivity (Wildman–Crippen MR) is 85.2 cm³/mol. The van der Waals surface area contributed by atoms with Crippen molar-refractivity contribution in [2.75, 3.05) is 13.1 Å². The van der Waals surface area contributed by atoms with Gasteiger partial charge in [-0.3, -0.25) is 4.90 Å². The number of nitrogens with two attached hydrogens (primary N) is 1. The average molecular weight is 294 g/mol. The van der Waals surface area contributed by atoms with Gasteiger partial charge in [0.1, 0.15) is 10.8 Å². The molecule has 0 atom stereocenters. The van der Waals surface area contributed by atoms with Crippen LogP contribution in [0.1, 0.15) is 44.2 Å². The molecule has 0 saturated carbocycles. The van der Waals surface area contributed by atoms with E-state index in [2.05, 4.69) is 18.7 Å². The van der Waals surface area contributed by atoms with Gasteiger partial charge in [-0.1, -0.05) is 26.1 Å². The molecule has 2 nitrogen and oxygen atoms in total. The third-order valence-electron chi connectivity index (χ3n) is 4.67. The lowest BCUT2D eigenvalue weighted by Crippen LogP contribution is -2.26. The second-order valence-corrected chi connectivity index (χ2v) is 6.32. The molecule has 0 aliphatic carbocycles. The van der Waals surface area contributed by atoms with Crippen molar-refractivity contribution in [3.8, 4) is 0 Å². The number of halogens is 1. The normalized spacial score (nSPS) is 18.4. The summed E-state index contributed by atoms with van der Waals surface area (Å²) in [7, 11) is 0.